The summed E-state index contributed by atoms with van der Waals surface area (Å²) in [5, 5.41) is 0.811. The Morgan fingerprint density at radius 1 is 1.36 bits per heavy atom. The molecule has 1 aliphatic carbocycles. The summed E-state index contributed by atoms with van der Waals surface area (Å²) in [5.41, 5.74) is 5.82. The lowest BCUT2D eigenvalue weighted by Crippen LogP contribution is -2.38. The Morgan fingerprint density at radius 3 is 2.86 bits per heavy atom. The average Bonchev–Trinajstić information content (AvgIpc) is 2.63. The van der Waals surface area contributed by atoms with Crippen LogP contribution in [0.1, 0.15) is 38.5 Å². The van der Waals surface area contributed by atoms with Gasteiger partial charge in [0.05, 0.1) is 5.60 Å². The van der Waals surface area contributed by atoms with E-state index in [0.717, 1.165) is 24.2 Å². The van der Waals surface area contributed by atoms with Crippen molar-refractivity contribution in [1.29, 1.82) is 0 Å². The largest absolute Gasteiger partial charge is 0.375 e. The second kappa shape index (κ2) is 4.86. The molecule has 1 aliphatic heterocycles. The Balaban J connectivity index is 1.83. The van der Waals surface area contributed by atoms with E-state index in [1.807, 2.05) is 0 Å². The van der Waals surface area contributed by atoms with Gasteiger partial charge in [0.2, 0.25) is 0 Å². The molecule has 82 valence electrons. The summed E-state index contributed by atoms with van der Waals surface area (Å²) in [6.07, 6.45) is 7.84. The fraction of sp³-hybridized carbons (Fsp3) is 1.00. The van der Waals surface area contributed by atoms with E-state index in [9.17, 15) is 0 Å². The number of nitrogens with two attached hydrogens (primary N) is 1. The molecular weight excluding hydrogens is 194 g/mol. The third-order valence-corrected chi connectivity index (χ3v) is 4.78. The third-order valence-electron chi connectivity index (χ3n) is 3.43. The molecule has 3 heteroatoms. The van der Waals surface area contributed by atoms with E-state index >= 15 is 0 Å². The molecule has 1 saturated heterocycles. The summed E-state index contributed by atoms with van der Waals surface area (Å²) in [6.45, 7) is 1.79. The zero-order chi connectivity index (χ0) is 9.86. The minimum atomic E-state index is 0.282. The fourth-order valence-electron chi connectivity index (χ4n) is 2.73. The van der Waals surface area contributed by atoms with E-state index in [4.69, 9.17) is 10.5 Å². The first-order chi connectivity index (χ1) is 6.85. The van der Waals surface area contributed by atoms with E-state index in [1.54, 1.807) is 0 Å². The van der Waals surface area contributed by atoms with Gasteiger partial charge in [-0.2, -0.15) is 11.8 Å². The summed E-state index contributed by atoms with van der Waals surface area (Å²) in [7, 11) is 0. The van der Waals surface area contributed by atoms with Gasteiger partial charge in [-0.3, -0.25) is 0 Å². The van der Waals surface area contributed by atoms with Crippen LogP contribution >= 0.6 is 11.8 Å². The lowest BCUT2D eigenvalue weighted by molar-refractivity contribution is -0.0703. The molecule has 0 bridgehead atoms. The molecule has 0 amide bonds. The highest BCUT2D eigenvalue weighted by Gasteiger charge is 2.39. The molecule has 0 radical (unpaired) electrons. The minimum Gasteiger partial charge on any atom is -0.375 e. The highest BCUT2D eigenvalue weighted by molar-refractivity contribution is 7.99. The van der Waals surface area contributed by atoms with Gasteiger partial charge in [0.25, 0.3) is 0 Å². The smallest absolute Gasteiger partial charge is 0.0693 e. The maximum atomic E-state index is 5.99. The van der Waals surface area contributed by atoms with Crippen LogP contribution in [0.15, 0.2) is 0 Å². The van der Waals surface area contributed by atoms with Crippen LogP contribution < -0.4 is 5.73 Å². The van der Waals surface area contributed by atoms with E-state index in [-0.39, 0.29) is 5.60 Å². The number of hydrogen-bond acceptors (Lipinski definition) is 3. The maximum Gasteiger partial charge on any atom is 0.0693 e. The van der Waals surface area contributed by atoms with Gasteiger partial charge in [0, 0.05) is 24.2 Å². The monoisotopic (exact) mass is 215 g/mol. The number of hydrogen-bond donors (Lipinski definition) is 1. The molecule has 2 rings (SSSR count). The van der Waals surface area contributed by atoms with Gasteiger partial charge in [0.1, 0.15) is 0 Å². The van der Waals surface area contributed by atoms with Crippen molar-refractivity contribution in [2.75, 3.05) is 18.9 Å². The molecule has 1 spiro atoms. The van der Waals surface area contributed by atoms with E-state index < -0.39 is 0 Å². The summed E-state index contributed by atoms with van der Waals surface area (Å²) >= 11 is 2.05. The Bertz CT molecular complexity index is 180. The van der Waals surface area contributed by atoms with Crippen LogP contribution in [0, 0.1) is 0 Å². The van der Waals surface area contributed by atoms with Gasteiger partial charge in [-0.15, -0.1) is 0 Å². The second-order valence-corrected chi connectivity index (χ2v) is 5.92. The lowest BCUT2D eigenvalue weighted by Gasteiger charge is -2.38. The molecule has 2 nitrogen and oxygen atoms in total. The van der Waals surface area contributed by atoms with Crippen molar-refractivity contribution in [3.63, 3.8) is 0 Å². The molecule has 1 unspecified atom stereocenters. The Labute approximate surface area is 91.0 Å². The second-order valence-electron chi connectivity index (χ2n) is 4.51. The van der Waals surface area contributed by atoms with Crippen LogP contribution in [-0.2, 0) is 4.74 Å². The standard InChI is InChI=1S/C11H21NOS/c12-6-8-14-10-3-7-13-11(9-10)4-1-2-5-11/h10H,1-9,12H2. The van der Waals surface area contributed by atoms with Crippen molar-refractivity contribution in [3.05, 3.63) is 0 Å². The summed E-state index contributed by atoms with van der Waals surface area (Å²) in [4.78, 5) is 0. The van der Waals surface area contributed by atoms with E-state index in [2.05, 4.69) is 11.8 Å². The third kappa shape index (κ3) is 2.44. The summed E-state index contributed by atoms with van der Waals surface area (Å²) in [5.74, 6) is 1.11. The SMILES string of the molecule is NCCSC1CCOC2(CCCC2)C1. The first-order valence-electron chi connectivity index (χ1n) is 5.80. The van der Waals surface area contributed by atoms with Gasteiger partial charge in [0.15, 0.2) is 0 Å². The highest BCUT2D eigenvalue weighted by Crippen LogP contribution is 2.42. The van der Waals surface area contributed by atoms with Crippen LogP contribution in [0.2, 0.25) is 0 Å². The van der Waals surface area contributed by atoms with Gasteiger partial charge in [-0.1, -0.05) is 12.8 Å². The Morgan fingerprint density at radius 2 is 2.14 bits per heavy atom. The van der Waals surface area contributed by atoms with Crippen molar-refractivity contribution in [1.82, 2.24) is 0 Å². The molecule has 0 aromatic heterocycles. The molecular formula is C11H21NOS. The number of ether oxygens (including phenoxy) is 1. The van der Waals surface area contributed by atoms with Crippen LogP contribution in [0.4, 0.5) is 0 Å². The average molecular weight is 215 g/mol. The predicted molar refractivity (Wildman–Crippen MR) is 61.7 cm³/mol. The first kappa shape index (κ1) is 10.8. The van der Waals surface area contributed by atoms with Crippen LogP contribution in [0.25, 0.3) is 0 Å². The van der Waals surface area contributed by atoms with Crippen LogP contribution in [0.3, 0.4) is 0 Å². The molecule has 0 aromatic carbocycles. The molecule has 1 heterocycles. The van der Waals surface area contributed by atoms with Gasteiger partial charge in [-0.25, -0.2) is 0 Å². The van der Waals surface area contributed by atoms with Gasteiger partial charge >= 0.3 is 0 Å². The quantitative estimate of drug-likeness (QED) is 0.783. The molecule has 2 N–H and O–H groups in total. The van der Waals surface area contributed by atoms with Crippen molar-refractivity contribution in [2.24, 2.45) is 5.73 Å². The van der Waals surface area contributed by atoms with Gasteiger partial charge in [-0.05, 0) is 25.7 Å². The van der Waals surface area contributed by atoms with Crippen molar-refractivity contribution >= 4 is 11.8 Å². The normalized spacial score (nSPS) is 31.1. The number of rotatable bonds is 3. The van der Waals surface area contributed by atoms with E-state index in [1.165, 1.54) is 38.5 Å². The molecule has 1 saturated carbocycles. The zero-order valence-corrected chi connectivity index (χ0v) is 9.65. The molecule has 14 heavy (non-hydrogen) atoms. The summed E-state index contributed by atoms with van der Waals surface area (Å²) in [6, 6.07) is 0. The Kier molecular flexibility index (Phi) is 3.74. The van der Waals surface area contributed by atoms with Crippen molar-refractivity contribution in [2.45, 2.75) is 49.4 Å². The van der Waals surface area contributed by atoms with Crippen molar-refractivity contribution < 1.29 is 4.74 Å². The molecule has 1 atom stereocenters. The summed E-state index contributed by atoms with van der Waals surface area (Å²) < 4.78 is 5.99. The predicted octanol–water partition coefficient (Wildman–Crippen LogP) is 2.17. The topological polar surface area (TPSA) is 35.2 Å². The lowest BCUT2D eigenvalue weighted by atomic mass is 9.92. The molecule has 2 aliphatic rings. The zero-order valence-electron chi connectivity index (χ0n) is 8.84. The molecule has 2 fully saturated rings. The Hall–Kier alpha value is 0.270. The van der Waals surface area contributed by atoms with Crippen LogP contribution in [0.5, 0.6) is 0 Å². The highest BCUT2D eigenvalue weighted by atomic mass is 32.2. The van der Waals surface area contributed by atoms with E-state index in [0.29, 0.717) is 0 Å². The molecule has 0 aromatic rings. The maximum absolute atomic E-state index is 5.99. The van der Waals surface area contributed by atoms with Gasteiger partial charge < -0.3 is 10.5 Å². The fourth-order valence-corrected chi connectivity index (χ4v) is 3.88. The van der Waals surface area contributed by atoms with Crippen LogP contribution in [-0.4, -0.2) is 29.8 Å². The number of thioether (sulfide) groups is 1. The minimum absolute atomic E-state index is 0.282. The van der Waals surface area contributed by atoms with Crippen molar-refractivity contribution in [3.8, 4) is 0 Å². The first-order valence-corrected chi connectivity index (χ1v) is 6.85.